The summed E-state index contributed by atoms with van der Waals surface area (Å²) in [6.45, 7) is 10.8. The van der Waals surface area contributed by atoms with Crippen molar-refractivity contribution in [2.45, 2.75) is 27.2 Å². The molecule has 6 aromatic heterocycles. The number of aromatic nitrogens is 7. The van der Waals surface area contributed by atoms with Crippen molar-refractivity contribution in [3.8, 4) is 34.0 Å². The second-order valence-corrected chi connectivity index (χ2v) is 11.0. The topological polar surface area (TPSA) is 108 Å². The summed E-state index contributed by atoms with van der Waals surface area (Å²) in [7, 11) is 0. The minimum absolute atomic E-state index is 0.149. The summed E-state index contributed by atoms with van der Waals surface area (Å²) in [6.07, 6.45) is 6.26. The van der Waals surface area contributed by atoms with Crippen LogP contribution in [0.2, 0.25) is 0 Å². The molecule has 8 nitrogen and oxygen atoms in total. The van der Waals surface area contributed by atoms with Gasteiger partial charge in [-0.3, -0.25) is 15.1 Å². The Hall–Kier alpha value is -4.37. The SMILES string of the molecule is C=C(CC(C)(C)C)Nc1cncc(-c2ccc3[nH]nc(-c4nc5c(-c6ccsc6)nccc5[nH]4)c3n2)c1. The van der Waals surface area contributed by atoms with Crippen molar-refractivity contribution in [3.05, 3.63) is 72.0 Å². The number of hydrogen-bond donors (Lipinski definition) is 3. The highest BCUT2D eigenvalue weighted by Gasteiger charge is 2.18. The van der Waals surface area contributed by atoms with Crippen LogP contribution in [0.5, 0.6) is 0 Å². The molecule has 6 rings (SSSR count). The summed E-state index contributed by atoms with van der Waals surface area (Å²) in [5, 5.41) is 15.1. The molecule has 0 aromatic carbocycles. The molecule has 184 valence electrons. The molecule has 0 spiro atoms. The van der Waals surface area contributed by atoms with Gasteiger partial charge >= 0.3 is 0 Å². The lowest BCUT2D eigenvalue weighted by molar-refractivity contribution is 0.411. The fraction of sp³-hybridized carbons (Fsp3) is 0.179. The van der Waals surface area contributed by atoms with Gasteiger partial charge < -0.3 is 10.3 Å². The van der Waals surface area contributed by atoms with Crippen molar-refractivity contribution >= 4 is 39.1 Å². The molecule has 0 saturated heterocycles. The molecule has 0 unspecified atom stereocenters. The van der Waals surface area contributed by atoms with E-state index in [4.69, 9.17) is 9.97 Å². The van der Waals surface area contributed by atoms with E-state index in [9.17, 15) is 0 Å². The summed E-state index contributed by atoms with van der Waals surface area (Å²) in [5.74, 6) is 0.641. The Balaban J connectivity index is 1.36. The zero-order valence-corrected chi connectivity index (χ0v) is 21.6. The Morgan fingerprint density at radius 2 is 1.86 bits per heavy atom. The van der Waals surface area contributed by atoms with Crippen molar-refractivity contribution in [1.82, 2.24) is 35.1 Å². The van der Waals surface area contributed by atoms with E-state index in [1.807, 2.05) is 41.9 Å². The van der Waals surface area contributed by atoms with Crippen LogP contribution >= 0.6 is 11.3 Å². The number of allylic oxidation sites excluding steroid dienone is 1. The molecule has 9 heteroatoms. The van der Waals surface area contributed by atoms with Gasteiger partial charge in [-0.2, -0.15) is 16.4 Å². The fourth-order valence-electron chi connectivity index (χ4n) is 4.42. The Morgan fingerprint density at radius 1 is 1.00 bits per heavy atom. The summed E-state index contributed by atoms with van der Waals surface area (Å²) >= 11 is 1.64. The third-order valence-corrected chi connectivity index (χ3v) is 6.61. The highest BCUT2D eigenvalue weighted by atomic mass is 32.1. The Labute approximate surface area is 218 Å². The molecular weight excluding hydrogens is 480 g/mol. The van der Waals surface area contributed by atoms with Gasteiger partial charge in [0.2, 0.25) is 0 Å². The maximum atomic E-state index is 4.95. The minimum Gasteiger partial charge on any atom is -0.358 e. The van der Waals surface area contributed by atoms with Crippen LogP contribution in [0.15, 0.2) is 72.0 Å². The van der Waals surface area contributed by atoms with Gasteiger partial charge in [0.15, 0.2) is 11.5 Å². The number of nitrogens with one attached hydrogen (secondary N) is 3. The molecular formula is C28H26N8S. The van der Waals surface area contributed by atoms with E-state index in [-0.39, 0.29) is 5.41 Å². The lowest BCUT2D eigenvalue weighted by atomic mass is 9.91. The predicted molar refractivity (Wildman–Crippen MR) is 150 cm³/mol. The summed E-state index contributed by atoms with van der Waals surface area (Å²) in [5.41, 5.74) is 9.50. The number of anilines is 1. The van der Waals surface area contributed by atoms with Crippen LogP contribution in [-0.4, -0.2) is 35.1 Å². The average molecular weight is 507 g/mol. The molecule has 0 radical (unpaired) electrons. The van der Waals surface area contributed by atoms with Gasteiger partial charge in [0.05, 0.1) is 34.3 Å². The first-order valence-electron chi connectivity index (χ1n) is 12.0. The molecule has 6 heterocycles. The van der Waals surface area contributed by atoms with Crippen molar-refractivity contribution in [2.75, 3.05) is 5.32 Å². The van der Waals surface area contributed by atoms with Crippen LogP contribution in [0.1, 0.15) is 27.2 Å². The molecule has 0 fully saturated rings. The van der Waals surface area contributed by atoms with E-state index in [1.54, 1.807) is 23.7 Å². The third-order valence-electron chi connectivity index (χ3n) is 5.93. The van der Waals surface area contributed by atoms with Gasteiger partial charge in [-0.05, 0) is 47.5 Å². The van der Waals surface area contributed by atoms with E-state index in [2.05, 4.69) is 63.2 Å². The van der Waals surface area contributed by atoms with Crippen LogP contribution < -0.4 is 5.32 Å². The number of hydrogen-bond acceptors (Lipinski definition) is 7. The van der Waals surface area contributed by atoms with Gasteiger partial charge in [-0.15, -0.1) is 0 Å². The largest absolute Gasteiger partial charge is 0.358 e. The third kappa shape index (κ3) is 4.61. The van der Waals surface area contributed by atoms with E-state index in [0.29, 0.717) is 11.5 Å². The summed E-state index contributed by atoms with van der Waals surface area (Å²) in [4.78, 5) is 22.2. The number of H-pyrrole nitrogens is 2. The highest BCUT2D eigenvalue weighted by molar-refractivity contribution is 7.08. The molecule has 0 atom stereocenters. The number of nitrogens with zero attached hydrogens (tertiary/aromatic N) is 5. The van der Waals surface area contributed by atoms with Gasteiger partial charge in [-0.25, -0.2) is 9.97 Å². The van der Waals surface area contributed by atoms with Gasteiger partial charge in [-0.1, -0.05) is 27.4 Å². The number of pyridine rings is 3. The standard InChI is InChI=1S/C28H26N8S/c1-16(12-28(2,3)4)31-19-11-18(13-29-14-19)20-5-6-22-25(32-20)26(36-35-22)27-33-21-7-9-30-23(24(21)34-27)17-8-10-37-15-17/h5-11,13-15,31H,1,12H2,2-4H3,(H,33,34)(H,35,36). The zero-order valence-electron chi connectivity index (χ0n) is 20.8. The van der Waals surface area contributed by atoms with Gasteiger partial charge in [0.25, 0.3) is 0 Å². The normalized spacial score (nSPS) is 11.9. The van der Waals surface area contributed by atoms with Crippen LogP contribution in [0.25, 0.3) is 56.1 Å². The second-order valence-electron chi connectivity index (χ2n) is 10.2. The molecule has 0 bridgehead atoms. The van der Waals surface area contributed by atoms with E-state index in [0.717, 1.165) is 62.4 Å². The highest BCUT2D eigenvalue weighted by Crippen LogP contribution is 2.32. The molecule has 0 saturated carbocycles. The summed E-state index contributed by atoms with van der Waals surface area (Å²) in [6, 6.07) is 9.95. The minimum atomic E-state index is 0.149. The number of imidazole rings is 1. The number of thiophene rings is 1. The second kappa shape index (κ2) is 8.94. The Kier molecular flexibility index (Phi) is 5.57. The van der Waals surface area contributed by atoms with E-state index >= 15 is 0 Å². The van der Waals surface area contributed by atoms with Crippen LogP contribution in [0, 0.1) is 5.41 Å². The van der Waals surface area contributed by atoms with Crippen molar-refractivity contribution in [2.24, 2.45) is 5.41 Å². The van der Waals surface area contributed by atoms with Crippen molar-refractivity contribution < 1.29 is 0 Å². The molecule has 0 aliphatic heterocycles. The number of aromatic amines is 2. The van der Waals surface area contributed by atoms with E-state index < -0.39 is 0 Å². The maximum absolute atomic E-state index is 4.95. The molecule has 0 aliphatic carbocycles. The summed E-state index contributed by atoms with van der Waals surface area (Å²) < 4.78 is 0. The predicted octanol–water partition coefficient (Wildman–Crippen LogP) is 7.05. The first-order valence-corrected chi connectivity index (χ1v) is 12.9. The maximum Gasteiger partial charge on any atom is 0.161 e. The first-order chi connectivity index (χ1) is 17.8. The molecule has 37 heavy (non-hydrogen) atoms. The van der Waals surface area contributed by atoms with Crippen LogP contribution in [0.4, 0.5) is 5.69 Å². The van der Waals surface area contributed by atoms with Crippen molar-refractivity contribution in [1.29, 1.82) is 0 Å². The van der Waals surface area contributed by atoms with Gasteiger partial charge in [0.1, 0.15) is 11.0 Å². The first kappa shape index (κ1) is 23.1. The fourth-order valence-corrected chi connectivity index (χ4v) is 5.06. The number of rotatable bonds is 6. The molecule has 3 N–H and O–H groups in total. The van der Waals surface area contributed by atoms with Gasteiger partial charge in [0, 0.05) is 34.6 Å². The Bertz CT molecular complexity index is 1740. The van der Waals surface area contributed by atoms with Crippen LogP contribution in [0.3, 0.4) is 0 Å². The van der Waals surface area contributed by atoms with E-state index in [1.165, 1.54) is 0 Å². The zero-order chi connectivity index (χ0) is 25.6. The molecule has 0 amide bonds. The monoisotopic (exact) mass is 506 g/mol. The average Bonchev–Trinajstić information content (AvgIpc) is 3.61. The van der Waals surface area contributed by atoms with Crippen molar-refractivity contribution in [3.63, 3.8) is 0 Å². The molecule has 6 aromatic rings. The lowest BCUT2D eigenvalue weighted by Gasteiger charge is -2.20. The number of fused-ring (bicyclic) bond motifs is 2. The van der Waals surface area contributed by atoms with Crippen LogP contribution in [-0.2, 0) is 0 Å². The molecule has 0 aliphatic rings. The Morgan fingerprint density at radius 3 is 2.68 bits per heavy atom. The quantitative estimate of drug-likeness (QED) is 0.223. The lowest BCUT2D eigenvalue weighted by Crippen LogP contribution is -2.10. The smallest absolute Gasteiger partial charge is 0.161 e.